The topological polar surface area (TPSA) is 83.8 Å². The fourth-order valence-corrected chi connectivity index (χ4v) is 0.768. The van der Waals surface area contributed by atoms with Crippen molar-refractivity contribution in [3.63, 3.8) is 0 Å². The van der Waals surface area contributed by atoms with Gasteiger partial charge < -0.3 is 14.5 Å². The fourth-order valence-electron chi connectivity index (χ4n) is 0.482. The molecule has 102 valence electrons. The van der Waals surface area contributed by atoms with Gasteiger partial charge >= 0.3 is 13.6 Å². The Morgan fingerprint density at radius 2 is 1.62 bits per heavy atom. The summed E-state index contributed by atoms with van der Waals surface area (Å²) in [5.41, 5.74) is -0.685. The van der Waals surface area contributed by atoms with Gasteiger partial charge in [-0.2, -0.15) is 0 Å². The molecule has 0 saturated heterocycles. The van der Waals surface area contributed by atoms with E-state index in [4.69, 9.17) is 9.79 Å². The summed E-state index contributed by atoms with van der Waals surface area (Å²) in [7, 11) is -4.24. The lowest BCUT2D eigenvalue weighted by molar-refractivity contribution is -0.152. The van der Waals surface area contributed by atoms with Crippen LogP contribution in [0.1, 0.15) is 49.5 Å². The van der Waals surface area contributed by atoms with Crippen molar-refractivity contribution in [1.82, 2.24) is 0 Å². The summed E-state index contributed by atoms with van der Waals surface area (Å²) in [6.45, 7) is 5.13. The van der Waals surface area contributed by atoms with E-state index >= 15 is 0 Å². The van der Waals surface area contributed by atoms with Crippen molar-refractivity contribution in [2.45, 2.75) is 49.5 Å². The van der Waals surface area contributed by atoms with Crippen molar-refractivity contribution in [1.29, 1.82) is 0 Å². The normalized spacial score (nSPS) is 10.3. The summed E-state index contributed by atoms with van der Waals surface area (Å²) in [5, 5.41) is 0. The zero-order chi connectivity index (χ0) is 10.7. The second-order valence-electron chi connectivity index (χ2n) is 3.46. The minimum atomic E-state index is -4.24. The Labute approximate surface area is 99.4 Å². The van der Waals surface area contributed by atoms with Gasteiger partial charge in [0, 0.05) is 0 Å². The molecule has 0 bridgehead atoms. The van der Waals surface area contributed by atoms with E-state index in [0.29, 0.717) is 6.42 Å². The van der Waals surface area contributed by atoms with Crippen LogP contribution < -0.4 is 0 Å². The second-order valence-corrected chi connectivity index (χ2v) is 5.05. The van der Waals surface area contributed by atoms with E-state index in [9.17, 15) is 9.36 Å². The maximum Gasteiger partial charge on any atom is 0.362 e. The molecular formula is C10H27O5P. The summed E-state index contributed by atoms with van der Waals surface area (Å²) in [4.78, 5) is 28.1. The van der Waals surface area contributed by atoms with Crippen LogP contribution in [0.3, 0.4) is 0 Å². The molecule has 0 aliphatic rings. The lowest BCUT2D eigenvalue weighted by Crippen LogP contribution is -2.26. The summed E-state index contributed by atoms with van der Waals surface area (Å²) < 4.78 is 14.8. The second kappa shape index (κ2) is 8.74. The van der Waals surface area contributed by atoms with Crippen LogP contribution in [0.2, 0.25) is 0 Å². The molecule has 6 heteroatoms. The highest BCUT2D eigenvalue weighted by molar-refractivity contribution is 7.51. The minimum absolute atomic E-state index is 0. The molecule has 0 spiro atoms. The van der Waals surface area contributed by atoms with Gasteiger partial charge in [0.05, 0.1) is 5.41 Å². The Kier molecular flexibility index (Phi) is 13.5. The van der Waals surface area contributed by atoms with Gasteiger partial charge in [-0.05, 0) is 20.3 Å². The molecule has 0 heterocycles. The number of esters is 1. The molecule has 0 aliphatic heterocycles. The van der Waals surface area contributed by atoms with E-state index in [0.717, 1.165) is 0 Å². The molecule has 0 rings (SSSR count). The molecule has 0 aromatic heterocycles. The summed E-state index contributed by atoms with van der Waals surface area (Å²) in [6, 6.07) is 0. The van der Waals surface area contributed by atoms with E-state index in [1.165, 1.54) is 0 Å². The molecule has 0 amide bonds. The van der Waals surface area contributed by atoms with Crippen molar-refractivity contribution in [3.8, 4) is 0 Å². The quantitative estimate of drug-likeness (QED) is 0.598. The number of rotatable bonds is 4. The number of carbonyl (C=O) groups is 1. The Balaban J connectivity index is -0.000000240. The zero-order valence-electron chi connectivity index (χ0n) is 7.98. The maximum atomic E-state index is 11.2. The molecule has 0 aromatic carbocycles. The minimum Gasteiger partial charge on any atom is -0.452 e. The monoisotopic (exact) mass is 258 g/mol. The number of hydrogen-bond donors (Lipinski definition) is 2. The first kappa shape index (κ1) is 24.7. The molecule has 5 nitrogen and oxygen atoms in total. The first-order valence-electron chi connectivity index (χ1n) is 3.91. The molecule has 0 radical (unpaired) electrons. The van der Waals surface area contributed by atoms with E-state index in [1.54, 1.807) is 20.8 Å². The van der Waals surface area contributed by atoms with Crippen LogP contribution in [0.15, 0.2) is 0 Å². The SMILES string of the molecule is C.C.C.CCC(C)(C)C(=O)OCP(=O)(O)O. The van der Waals surface area contributed by atoms with Crippen LogP contribution >= 0.6 is 7.60 Å². The van der Waals surface area contributed by atoms with Crippen molar-refractivity contribution in [3.05, 3.63) is 0 Å². The van der Waals surface area contributed by atoms with E-state index in [1.807, 2.05) is 0 Å². The van der Waals surface area contributed by atoms with Gasteiger partial charge in [-0.1, -0.05) is 29.2 Å². The highest BCUT2D eigenvalue weighted by atomic mass is 31.2. The number of carbonyl (C=O) groups excluding carboxylic acids is 1. The van der Waals surface area contributed by atoms with Crippen LogP contribution in [0.25, 0.3) is 0 Å². The van der Waals surface area contributed by atoms with Crippen molar-refractivity contribution in [2.75, 3.05) is 6.35 Å². The molecule has 0 fully saturated rings. The Morgan fingerprint density at radius 1 is 1.25 bits per heavy atom. The fraction of sp³-hybridized carbons (Fsp3) is 0.900. The van der Waals surface area contributed by atoms with Gasteiger partial charge in [0.2, 0.25) is 0 Å². The smallest absolute Gasteiger partial charge is 0.362 e. The third-order valence-corrected chi connectivity index (χ3v) is 2.27. The predicted molar refractivity (Wildman–Crippen MR) is 67.3 cm³/mol. The van der Waals surface area contributed by atoms with Crippen LogP contribution in [0.4, 0.5) is 0 Å². The molecule has 0 aliphatic carbocycles. The standard InChI is InChI=1S/C7H15O5P.3CH4/c1-4-7(2,3)6(8)12-5-13(9,10)11;;;/h4-5H2,1-3H3,(H2,9,10,11);3*1H4. The largest absolute Gasteiger partial charge is 0.452 e. The molecule has 16 heavy (non-hydrogen) atoms. The molecule has 0 unspecified atom stereocenters. The van der Waals surface area contributed by atoms with Crippen LogP contribution in [0.5, 0.6) is 0 Å². The summed E-state index contributed by atoms with van der Waals surface area (Å²) in [5.74, 6) is -0.585. The molecule has 0 saturated carbocycles. The van der Waals surface area contributed by atoms with Crippen LogP contribution in [-0.4, -0.2) is 22.1 Å². The first-order chi connectivity index (χ1) is 5.69. The predicted octanol–water partition coefficient (Wildman–Crippen LogP) is 3.01. The number of hydrogen-bond acceptors (Lipinski definition) is 3. The van der Waals surface area contributed by atoms with Crippen molar-refractivity contribution < 1.29 is 23.9 Å². The average molecular weight is 258 g/mol. The van der Waals surface area contributed by atoms with E-state index < -0.39 is 25.3 Å². The van der Waals surface area contributed by atoms with Gasteiger partial charge in [-0.25, -0.2) is 0 Å². The highest BCUT2D eigenvalue weighted by Crippen LogP contribution is 2.35. The van der Waals surface area contributed by atoms with Gasteiger partial charge in [-0.15, -0.1) is 0 Å². The van der Waals surface area contributed by atoms with Gasteiger partial charge in [-0.3, -0.25) is 9.36 Å². The van der Waals surface area contributed by atoms with Gasteiger partial charge in [0.1, 0.15) is 0 Å². The highest BCUT2D eigenvalue weighted by Gasteiger charge is 2.29. The molecular weight excluding hydrogens is 231 g/mol. The average Bonchev–Trinajstić information content (AvgIpc) is 1.98. The zero-order valence-corrected chi connectivity index (χ0v) is 8.88. The maximum absolute atomic E-state index is 11.2. The molecule has 0 aromatic rings. The lowest BCUT2D eigenvalue weighted by Gasteiger charge is -2.20. The first-order valence-corrected chi connectivity index (χ1v) is 5.70. The molecule has 2 N–H and O–H groups in total. The lowest BCUT2D eigenvalue weighted by atomic mass is 9.91. The van der Waals surface area contributed by atoms with Gasteiger partial charge in [0.15, 0.2) is 6.35 Å². The van der Waals surface area contributed by atoms with Crippen LogP contribution in [0, 0.1) is 5.41 Å². The number of ether oxygens (including phenoxy) is 1. The Bertz CT molecular complexity index is 231. The molecule has 0 atom stereocenters. The third kappa shape index (κ3) is 10.1. The Hall–Kier alpha value is -0.380. The van der Waals surface area contributed by atoms with Crippen LogP contribution in [-0.2, 0) is 14.1 Å². The Morgan fingerprint density at radius 3 is 1.88 bits per heavy atom. The van der Waals surface area contributed by atoms with E-state index in [-0.39, 0.29) is 22.3 Å². The van der Waals surface area contributed by atoms with Crippen molar-refractivity contribution >= 4 is 13.6 Å². The van der Waals surface area contributed by atoms with Crippen molar-refractivity contribution in [2.24, 2.45) is 5.41 Å². The summed E-state index contributed by atoms with van der Waals surface area (Å²) >= 11 is 0. The third-order valence-electron chi connectivity index (χ3n) is 1.80. The van der Waals surface area contributed by atoms with E-state index in [2.05, 4.69) is 4.74 Å². The summed E-state index contributed by atoms with van der Waals surface area (Å²) in [6.07, 6.45) is -0.276. The van der Waals surface area contributed by atoms with Gasteiger partial charge in [0.25, 0.3) is 0 Å².